The van der Waals surface area contributed by atoms with Gasteiger partial charge in [0.25, 0.3) is 0 Å². The van der Waals surface area contributed by atoms with Crippen LogP contribution in [0.1, 0.15) is 12.0 Å². The molecule has 4 aromatic rings. The Bertz CT molecular complexity index is 1130. The van der Waals surface area contributed by atoms with Crippen LogP contribution in [0.4, 0.5) is 5.69 Å². The molecule has 1 aliphatic rings. The van der Waals surface area contributed by atoms with E-state index in [-0.39, 0.29) is 5.91 Å². The van der Waals surface area contributed by atoms with Gasteiger partial charge in [-0.05, 0) is 18.1 Å². The third-order valence-electron chi connectivity index (χ3n) is 5.53. The van der Waals surface area contributed by atoms with Gasteiger partial charge in [0.15, 0.2) is 5.16 Å². The summed E-state index contributed by atoms with van der Waals surface area (Å²) >= 11 is 1.60. The van der Waals surface area contributed by atoms with Gasteiger partial charge in [0.05, 0.1) is 11.4 Å². The van der Waals surface area contributed by atoms with E-state index in [0.717, 1.165) is 46.3 Å². The van der Waals surface area contributed by atoms with Crippen LogP contribution in [0.25, 0.3) is 22.5 Å². The largest absolute Gasteiger partial charge is 0.332 e. The van der Waals surface area contributed by atoms with Gasteiger partial charge in [-0.3, -0.25) is 4.79 Å². The Morgan fingerprint density at radius 3 is 2.35 bits per heavy atom. The van der Waals surface area contributed by atoms with Crippen LogP contribution in [0.3, 0.4) is 0 Å². The Labute approximate surface area is 186 Å². The molecule has 0 saturated heterocycles. The summed E-state index contributed by atoms with van der Waals surface area (Å²) in [7, 11) is 0. The quantitative estimate of drug-likeness (QED) is 0.396. The lowest BCUT2D eigenvalue weighted by molar-refractivity contribution is -0.118. The number of benzene rings is 3. The van der Waals surface area contributed by atoms with E-state index in [4.69, 9.17) is 4.98 Å². The summed E-state index contributed by atoms with van der Waals surface area (Å²) in [6.45, 7) is 0.778. The summed E-state index contributed by atoms with van der Waals surface area (Å²) in [4.78, 5) is 23.1. The molecule has 5 rings (SSSR count). The highest BCUT2D eigenvalue weighted by Crippen LogP contribution is 2.33. The Balaban J connectivity index is 1.31. The lowest BCUT2D eigenvalue weighted by Gasteiger charge is -2.16. The van der Waals surface area contributed by atoms with Crippen LogP contribution in [0, 0.1) is 0 Å². The highest BCUT2D eigenvalue weighted by molar-refractivity contribution is 7.99. The molecule has 5 heteroatoms. The number of hydrogen-bond acceptors (Lipinski definition) is 3. The van der Waals surface area contributed by atoms with E-state index in [2.05, 4.69) is 35.3 Å². The number of para-hydroxylation sites is 1. The second kappa shape index (κ2) is 8.82. The Morgan fingerprint density at radius 1 is 0.903 bits per heavy atom. The SMILES string of the molecule is O=C(CCSc1nc(-c2ccccc2)c(-c2ccccc2)[nH]1)N1CCc2ccccc21. The van der Waals surface area contributed by atoms with Gasteiger partial charge in [-0.15, -0.1) is 0 Å². The van der Waals surface area contributed by atoms with Crippen molar-refractivity contribution in [2.24, 2.45) is 0 Å². The number of hydrogen-bond donors (Lipinski definition) is 1. The van der Waals surface area contributed by atoms with Crippen molar-refractivity contribution in [3.05, 3.63) is 90.5 Å². The fraction of sp³-hybridized carbons (Fsp3) is 0.154. The topological polar surface area (TPSA) is 49.0 Å². The summed E-state index contributed by atoms with van der Waals surface area (Å²) in [5.74, 6) is 0.864. The number of carbonyl (C=O) groups excluding carboxylic acids is 1. The minimum absolute atomic E-state index is 0.176. The smallest absolute Gasteiger partial charge is 0.227 e. The second-order valence-corrected chi connectivity index (χ2v) is 8.60. The van der Waals surface area contributed by atoms with Crippen molar-refractivity contribution in [2.75, 3.05) is 17.2 Å². The number of imidazole rings is 1. The van der Waals surface area contributed by atoms with Crippen molar-refractivity contribution in [2.45, 2.75) is 18.0 Å². The van der Waals surface area contributed by atoms with Crippen molar-refractivity contribution < 1.29 is 4.79 Å². The molecule has 0 aliphatic carbocycles. The van der Waals surface area contributed by atoms with Crippen molar-refractivity contribution >= 4 is 23.4 Å². The molecule has 154 valence electrons. The van der Waals surface area contributed by atoms with Crippen LogP contribution in [-0.2, 0) is 11.2 Å². The molecule has 0 radical (unpaired) electrons. The zero-order valence-electron chi connectivity index (χ0n) is 17.1. The summed E-state index contributed by atoms with van der Waals surface area (Å²) in [5.41, 5.74) is 6.45. The Morgan fingerprint density at radius 2 is 1.58 bits per heavy atom. The first-order chi connectivity index (χ1) is 15.3. The van der Waals surface area contributed by atoms with Crippen LogP contribution >= 0.6 is 11.8 Å². The zero-order valence-corrected chi connectivity index (χ0v) is 17.9. The molecule has 4 nitrogen and oxygen atoms in total. The summed E-state index contributed by atoms with van der Waals surface area (Å²) in [5, 5.41) is 0.840. The third-order valence-corrected chi connectivity index (χ3v) is 6.41. The maximum absolute atomic E-state index is 12.8. The Kier molecular flexibility index (Phi) is 5.59. The molecule has 3 aromatic carbocycles. The van der Waals surface area contributed by atoms with E-state index < -0.39 is 0 Å². The molecule has 0 unspecified atom stereocenters. The van der Waals surface area contributed by atoms with Gasteiger partial charge in [-0.25, -0.2) is 4.98 Å². The van der Waals surface area contributed by atoms with Gasteiger partial charge in [0.2, 0.25) is 5.91 Å². The predicted molar refractivity (Wildman–Crippen MR) is 127 cm³/mol. The van der Waals surface area contributed by atoms with Crippen LogP contribution < -0.4 is 4.90 Å². The van der Waals surface area contributed by atoms with Gasteiger partial charge < -0.3 is 9.88 Å². The highest BCUT2D eigenvalue weighted by Gasteiger charge is 2.24. The lowest BCUT2D eigenvalue weighted by Crippen LogP contribution is -2.29. The molecule has 0 fully saturated rings. The molecule has 0 bridgehead atoms. The standard InChI is InChI=1S/C26H23N3OS/c30-23(29-17-15-19-9-7-8-14-22(19)29)16-18-31-26-27-24(20-10-3-1-4-11-20)25(28-26)21-12-5-2-6-13-21/h1-14H,15-18H2,(H,27,28). The van der Waals surface area contributed by atoms with E-state index in [1.165, 1.54) is 5.56 Å². The number of aromatic nitrogens is 2. The van der Waals surface area contributed by atoms with Crippen molar-refractivity contribution in [3.63, 3.8) is 0 Å². The number of thioether (sulfide) groups is 1. The normalized spacial score (nSPS) is 12.7. The number of amides is 1. The Hall–Kier alpha value is -3.31. The van der Waals surface area contributed by atoms with E-state index in [1.807, 2.05) is 59.5 Å². The summed E-state index contributed by atoms with van der Waals surface area (Å²) in [6, 6.07) is 28.6. The van der Waals surface area contributed by atoms with Crippen LogP contribution in [0.15, 0.2) is 90.1 Å². The molecule has 1 amide bonds. The van der Waals surface area contributed by atoms with Crippen molar-refractivity contribution in [1.29, 1.82) is 0 Å². The fourth-order valence-electron chi connectivity index (χ4n) is 4.01. The number of nitrogens with one attached hydrogen (secondary N) is 1. The first kappa shape index (κ1) is 19.6. The van der Waals surface area contributed by atoms with Crippen molar-refractivity contribution in [3.8, 4) is 22.5 Å². The maximum Gasteiger partial charge on any atom is 0.227 e. The minimum Gasteiger partial charge on any atom is -0.332 e. The van der Waals surface area contributed by atoms with E-state index in [9.17, 15) is 4.79 Å². The van der Waals surface area contributed by atoms with Gasteiger partial charge >= 0.3 is 0 Å². The van der Waals surface area contributed by atoms with Crippen LogP contribution in [0.5, 0.6) is 0 Å². The van der Waals surface area contributed by atoms with E-state index in [0.29, 0.717) is 12.2 Å². The van der Waals surface area contributed by atoms with E-state index in [1.54, 1.807) is 11.8 Å². The number of anilines is 1. The van der Waals surface area contributed by atoms with Crippen LogP contribution in [-0.4, -0.2) is 28.2 Å². The molecule has 1 N–H and O–H groups in total. The number of nitrogens with zero attached hydrogens (tertiary/aromatic N) is 2. The monoisotopic (exact) mass is 425 g/mol. The van der Waals surface area contributed by atoms with Crippen LogP contribution in [0.2, 0.25) is 0 Å². The van der Waals surface area contributed by atoms with Gasteiger partial charge in [-0.1, -0.05) is 90.6 Å². The zero-order chi connectivity index (χ0) is 21.0. The second-order valence-electron chi connectivity index (χ2n) is 7.52. The first-order valence-corrected chi connectivity index (χ1v) is 11.5. The number of H-pyrrole nitrogens is 1. The molecule has 1 aliphatic heterocycles. The predicted octanol–water partition coefficient (Wildman–Crippen LogP) is 5.82. The third kappa shape index (κ3) is 4.14. The number of aromatic amines is 1. The molecule has 0 atom stereocenters. The number of rotatable bonds is 6. The molecular formula is C26H23N3OS. The number of carbonyl (C=O) groups is 1. The number of fused-ring (bicyclic) bond motifs is 1. The molecule has 1 aromatic heterocycles. The fourth-order valence-corrected chi connectivity index (χ4v) is 4.81. The van der Waals surface area contributed by atoms with Gasteiger partial charge in [0.1, 0.15) is 0 Å². The van der Waals surface area contributed by atoms with Gasteiger partial charge in [-0.2, -0.15) is 0 Å². The molecule has 0 saturated carbocycles. The van der Waals surface area contributed by atoms with E-state index >= 15 is 0 Å². The lowest BCUT2D eigenvalue weighted by atomic mass is 10.1. The molecular weight excluding hydrogens is 402 g/mol. The van der Waals surface area contributed by atoms with Gasteiger partial charge in [0, 0.05) is 35.5 Å². The highest BCUT2D eigenvalue weighted by atomic mass is 32.2. The average Bonchev–Trinajstić information content (AvgIpc) is 3.45. The first-order valence-electron chi connectivity index (χ1n) is 10.5. The summed E-state index contributed by atoms with van der Waals surface area (Å²) < 4.78 is 0. The molecule has 0 spiro atoms. The maximum atomic E-state index is 12.8. The summed E-state index contributed by atoms with van der Waals surface area (Å²) in [6.07, 6.45) is 1.43. The molecule has 31 heavy (non-hydrogen) atoms. The van der Waals surface area contributed by atoms with Crippen molar-refractivity contribution in [1.82, 2.24) is 9.97 Å². The average molecular weight is 426 g/mol. The minimum atomic E-state index is 0.176. The molecule has 2 heterocycles.